The van der Waals surface area contributed by atoms with E-state index in [1.807, 2.05) is 0 Å². The highest BCUT2D eigenvalue weighted by atomic mass is 15.1. The van der Waals surface area contributed by atoms with Gasteiger partial charge in [-0.15, -0.1) is 0 Å². The lowest BCUT2D eigenvalue weighted by molar-refractivity contribution is 0.548. The second-order valence-corrected chi connectivity index (χ2v) is 4.97. The minimum atomic E-state index is 0.426. The van der Waals surface area contributed by atoms with Crippen LogP contribution in [0.25, 0.3) is 0 Å². The molecule has 0 spiro atoms. The second kappa shape index (κ2) is 5.41. The van der Waals surface area contributed by atoms with Crippen molar-refractivity contribution in [3.8, 4) is 0 Å². The number of nitrogens with zero attached hydrogens (tertiary/aromatic N) is 1. The van der Waals surface area contributed by atoms with Crippen LogP contribution in [-0.2, 0) is 0 Å². The SMILES string of the molecule is c1ccc(B(c2ccccc2)N2CCCC2)cc1. The molecule has 3 rings (SSSR count). The predicted octanol–water partition coefficient (Wildman–Crippen LogP) is 1.89. The van der Waals surface area contributed by atoms with Crippen LogP contribution in [0.4, 0.5) is 0 Å². The molecule has 0 unspecified atom stereocenters. The van der Waals surface area contributed by atoms with Crippen molar-refractivity contribution in [1.82, 2.24) is 4.81 Å². The van der Waals surface area contributed by atoms with Gasteiger partial charge in [-0.1, -0.05) is 71.6 Å². The van der Waals surface area contributed by atoms with Gasteiger partial charge in [0.1, 0.15) is 0 Å². The molecule has 1 fully saturated rings. The fourth-order valence-corrected chi connectivity index (χ4v) is 2.88. The highest BCUT2D eigenvalue weighted by Gasteiger charge is 2.28. The summed E-state index contributed by atoms with van der Waals surface area (Å²) in [6.45, 7) is 2.86. The molecule has 0 N–H and O–H groups in total. The molecular formula is C16H18BN. The molecule has 2 heteroatoms. The van der Waals surface area contributed by atoms with Gasteiger partial charge in [0.25, 0.3) is 6.85 Å². The van der Waals surface area contributed by atoms with Crippen LogP contribution in [0.2, 0.25) is 0 Å². The fraction of sp³-hybridized carbons (Fsp3) is 0.250. The lowest BCUT2D eigenvalue weighted by Gasteiger charge is -2.25. The standard InChI is InChI=1S/C16H18BN/c1-3-9-15(10-4-1)17(18-13-7-8-14-18)16-11-5-2-6-12-16/h1-6,9-12H,7-8,13-14H2. The Morgan fingerprint density at radius 1 is 0.667 bits per heavy atom. The number of benzene rings is 2. The third-order valence-corrected chi connectivity index (χ3v) is 3.74. The van der Waals surface area contributed by atoms with E-state index in [0.717, 1.165) is 0 Å². The molecule has 0 bridgehead atoms. The zero-order valence-corrected chi connectivity index (χ0v) is 10.6. The lowest BCUT2D eigenvalue weighted by atomic mass is 9.49. The summed E-state index contributed by atoms with van der Waals surface area (Å²) >= 11 is 0. The topological polar surface area (TPSA) is 3.24 Å². The van der Waals surface area contributed by atoms with Crippen LogP contribution in [0.5, 0.6) is 0 Å². The van der Waals surface area contributed by atoms with Crippen molar-refractivity contribution in [2.45, 2.75) is 12.8 Å². The molecule has 90 valence electrons. The van der Waals surface area contributed by atoms with Gasteiger partial charge in [0, 0.05) is 0 Å². The van der Waals surface area contributed by atoms with Crippen LogP contribution >= 0.6 is 0 Å². The van der Waals surface area contributed by atoms with Crippen molar-refractivity contribution in [3.05, 3.63) is 60.7 Å². The third kappa shape index (κ3) is 2.34. The highest BCUT2D eigenvalue weighted by molar-refractivity contribution is 6.82. The molecule has 1 aliphatic rings. The van der Waals surface area contributed by atoms with Crippen molar-refractivity contribution in [3.63, 3.8) is 0 Å². The first-order chi connectivity index (χ1) is 8.95. The summed E-state index contributed by atoms with van der Waals surface area (Å²) in [6.07, 6.45) is 2.66. The van der Waals surface area contributed by atoms with Gasteiger partial charge in [-0.2, -0.15) is 0 Å². The number of hydrogen-bond donors (Lipinski definition) is 0. The van der Waals surface area contributed by atoms with Crippen LogP contribution in [0.1, 0.15) is 12.8 Å². The van der Waals surface area contributed by atoms with Crippen molar-refractivity contribution in [2.75, 3.05) is 13.1 Å². The molecule has 0 saturated carbocycles. The largest absolute Gasteiger partial charge is 0.334 e. The zero-order chi connectivity index (χ0) is 12.2. The Morgan fingerprint density at radius 2 is 1.11 bits per heavy atom. The summed E-state index contributed by atoms with van der Waals surface area (Å²) in [5.74, 6) is 0. The van der Waals surface area contributed by atoms with Gasteiger partial charge in [-0.3, -0.25) is 0 Å². The second-order valence-electron chi connectivity index (χ2n) is 4.97. The third-order valence-electron chi connectivity index (χ3n) is 3.74. The van der Waals surface area contributed by atoms with E-state index >= 15 is 0 Å². The molecule has 0 aromatic heterocycles. The summed E-state index contributed by atoms with van der Waals surface area (Å²) in [5, 5.41) is 0. The minimum absolute atomic E-state index is 0.426. The molecule has 0 radical (unpaired) electrons. The monoisotopic (exact) mass is 235 g/mol. The van der Waals surface area contributed by atoms with Crippen molar-refractivity contribution in [2.24, 2.45) is 0 Å². The Morgan fingerprint density at radius 3 is 1.56 bits per heavy atom. The summed E-state index contributed by atoms with van der Waals surface area (Å²) in [5.41, 5.74) is 2.82. The number of rotatable bonds is 3. The maximum absolute atomic E-state index is 2.60. The Labute approximate surface area is 110 Å². The van der Waals surface area contributed by atoms with E-state index in [2.05, 4.69) is 65.5 Å². The van der Waals surface area contributed by atoms with Crippen molar-refractivity contribution < 1.29 is 0 Å². The molecule has 2 aromatic rings. The minimum Gasteiger partial charge on any atom is -0.334 e. The average molecular weight is 235 g/mol. The normalized spacial score (nSPS) is 15.8. The summed E-state index contributed by atoms with van der Waals surface area (Å²) < 4.78 is 0. The Bertz CT molecular complexity index is 437. The fourth-order valence-electron chi connectivity index (χ4n) is 2.88. The average Bonchev–Trinajstić information content (AvgIpc) is 2.95. The highest BCUT2D eigenvalue weighted by Crippen LogP contribution is 2.10. The molecule has 1 saturated heterocycles. The molecule has 1 aliphatic heterocycles. The van der Waals surface area contributed by atoms with E-state index in [1.165, 1.54) is 36.9 Å². The Hall–Kier alpha value is -1.54. The van der Waals surface area contributed by atoms with Crippen LogP contribution < -0.4 is 10.9 Å². The van der Waals surface area contributed by atoms with Crippen LogP contribution in [0.15, 0.2) is 60.7 Å². The molecule has 1 nitrogen and oxygen atoms in total. The molecular weight excluding hydrogens is 217 g/mol. The molecule has 2 aromatic carbocycles. The maximum atomic E-state index is 2.60. The molecule has 0 amide bonds. The Balaban J connectivity index is 1.98. The quantitative estimate of drug-likeness (QED) is 0.734. The zero-order valence-electron chi connectivity index (χ0n) is 10.6. The van der Waals surface area contributed by atoms with E-state index in [-0.39, 0.29) is 0 Å². The molecule has 18 heavy (non-hydrogen) atoms. The van der Waals surface area contributed by atoms with Gasteiger partial charge in [0.15, 0.2) is 0 Å². The van der Waals surface area contributed by atoms with E-state index in [4.69, 9.17) is 0 Å². The summed E-state index contributed by atoms with van der Waals surface area (Å²) in [6, 6.07) is 21.7. The lowest BCUT2D eigenvalue weighted by Crippen LogP contribution is -2.55. The Kier molecular flexibility index (Phi) is 3.47. The smallest absolute Gasteiger partial charge is 0.292 e. The predicted molar refractivity (Wildman–Crippen MR) is 78.7 cm³/mol. The van der Waals surface area contributed by atoms with Gasteiger partial charge in [-0.25, -0.2) is 0 Å². The van der Waals surface area contributed by atoms with E-state index < -0.39 is 0 Å². The first kappa shape index (κ1) is 11.5. The van der Waals surface area contributed by atoms with Crippen LogP contribution in [-0.4, -0.2) is 24.7 Å². The van der Waals surface area contributed by atoms with E-state index in [0.29, 0.717) is 6.85 Å². The van der Waals surface area contributed by atoms with Gasteiger partial charge in [0.2, 0.25) is 0 Å². The molecule has 0 aliphatic carbocycles. The summed E-state index contributed by atoms with van der Waals surface area (Å²) in [4.78, 5) is 2.60. The van der Waals surface area contributed by atoms with Crippen molar-refractivity contribution >= 4 is 17.8 Å². The van der Waals surface area contributed by atoms with Crippen molar-refractivity contribution in [1.29, 1.82) is 0 Å². The van der Waals surface area contributed by atoms with E-state index in [9.17, 15) is 0 Å². The molecule has 0 atom stereocenters. The van der Waals surface area contributed by atoms with E-state index in [1.54, 1.807) is 0 Å². The molecule has 1 heterocycles. The van der Waals surface area contributed by atoms with Gasteiger partial charge in [0.05, 0.1) is 0 Å². The maximum Gasteiger partial charge on any atom is 0.292 e. The first-order valence-corrected chi connectivity index (χ1v) is 6.79. The van der Waals surface area contributed by atoms with Gasteiger partial charge >= 0.3 is 0 Å². The van der Waals surface area contributed by atoms with Gasteiger partial charge < -0.3 is 4.81 Å². The first-order valence-electron chi connectivity index (χ1n) is 6.79. The number of hydrogen-bond acceptors (Lipinski definition) is 1. The van der Waals surface area contributed by atoms with Gasteiger partial charge in [-0.05, 0) is 25.9 Å². The van der Waals surface area contributed by atoms with Crippen LogP contribution in [0.3, 0.4) is 0 Å². The van der Waals surface area contributed by atoms with Crippen LogP contribution in [0, 0.1) is 0 Å². The summed E-state index contributed by atoms with van der Waals surface area (Å²) in [7, 11) is 0.